The molecule has 2 aromatic heterocycles. The molecule has 3 aromatic rings. The molecule has 1 aliphatic rings. The van der Waals surface area contributed by atoms with Crippen molar-refractivity contribution in [3.05, 3.63) is 54.2 Å². The SMILES string of the molecule is c1ccc2c(c1)CCC(Sc1nnc3ccccn13)CN2. The zero-order chi connectivity index (χ0) is 14.1. The van der Waals surface area contributed by atoms with Crippen LogP contribution in [0.4, 0.5) is 5.69 Å². The normalized spacial score (nSPS) is 18.0. The molecule has 3 heterocycles. The Balaban J connectivity index is 1.54. The molecule has 0 radical (unpaired) electrons. The average molecular weight is 296 g/mol. The molecular weight excluding hydrogens is 280 g/mol. The zero-order valence-corrected chi connectivity index (χ0v) is 12.4. The molecule has 4 nitrogen and oxygen atoms in total. The second-order valence-corrected chi connectivity index (χ2v) is 6.50. The number of fused-ring (bicyclic) bond motifs is 2. The number of aromatic nitrogens is 3. The zero-order valence-electron chi connectivity index (χ0n) is 11.6. The Morgan fingerprint density at radius 1 is 1.10 bits per heavy atom. The summed E-state index contributed by atoms with van der Waals surface area (Å²) in [5.74, 6) is 0. The topological polar surface area (TPSA) is 42.2 Å². The summed E-state index contributed by atoms with van der Waals surface area (Å²) in [6.07, 6.45) is 4.28. The molecule has 0 spiro atoms. The van der Waals surface area contributed by atoms with Crippen molar-refractivity contribution in [3.63, 3.8) is 0 Å². The summed E-state index contributed by atoms with van der Waals surface area (Å²) >= 11 is 1.81. The van der Waals surface area contributed by atoms with Gasteiger partial charge < -0.3 is 5.32 Å². The molecular formula is C16H16N4S. The number of benzene rings is 1. The third kappa shape index (κ3) is 2.49. The van der Waals surface area contributed by atoms with E-state index in [0.717, 1.165) is 30.2 Å². The van der Waals surface area contributed by atoms with Crippen molar-refractivity contribution in [2.24, 2.45) is 0 Å². The molecule has 21 heavy (non-hydrogen) atoms. The Labute approximate surface area is 127 Å². The second-order valence-electron chi connectivity index (χ2n) is 5.23. The van der Waals surface area contributed by atoms with Gasteiger partial charge in [0.25, 0.3) is 0 Å². The van der Waals surface area contributed by atoms with Gasteiger partial charge in [0.2, 0.25) is 0 Å². The molecule has 4 rings (SSSR count). The number of anilines is 1. The summed E-state index contributed by atoms with van der Waals surface area (Å²) in [7, 11) is 0. The van der Waals surface area contributed by atoms with Crippen LogP contribution in [0.25, 0.3) is 5.65 Å². The van der Waals surface area contributed by atoms with Gasteiger partial charge in [0.05, 0.1) is 0 Å². The van der Waals surface area contributed by atoms with E-state index < -0.39 is 0 Å². The standard InChI is InChI=1S/C16H16N4S/c1-2-6-14-12(5-1)8-9-13(11-17-14)21-16-19-18-15-7-3-4-10-20(15)16/h1-7,10,13,17H,8-9,11H2. The number of para-hydroxylation sites is 1. The van der Waals surface area contributed by atoms with Crippen LogP contribution in [0.1, 0.15) is 12.0 Å². The fourth-order valence-electron chi connectivity index (χ4n) is 2.70. The Kier molecular flexibility index (Phi) is 3.27. The van der Waals surface area contributed by atoms with Crippen molar-refractivity contribution < 1.29 is 0 Å². The van der Waals surface area contributed by atoms with Crippen molar-refractivity contribution in [1.29, 1.82) is 0 Å². The lowest BCUT2D eigenvalue weighted by molar-refractivity contribution is 0.793. The van der Waals surface area contributed by atoms with Crippen LogP contribution in [0.2, 0.25) is 0 Å². The van der Waals surface area contributed by atoms with E-state index in [1.165, 1.54) is 11.3 Å². The summed E-state index contributed by atoms with van der Waals surface area (Å²) in [5, 5.41) is 13.6. The third-order valence-corrected chi connectivity index (χ3v) is 5.05. The Morgan fingerprint density at radius 2 is 2.00 bits per heavy atom. The summed E-state index contributed by atoms with van der Waals surface area (Å²) in [4.78, 5) is 0. The quantitative estimate of drug-likeness (QED) is 0.788. The van der Waals surface area contributed by atoms with E-state index in [1.807, 2.05) is 36.2 Å². The molecule has 0 saturated heterocycles. The highest BCUT2D eigenvalue weighted by molar-refractivity contribution is 7.99. The van der Waals surface area contributed by atoms with Crippen LogP contribution in [0.15, 0.2) is 53.8 Å². The van der Waals surface area contributed by atoms with Gasteiger partial charge in [-0.3, -0.25) is 4.40 Å². The van der Waals surface area contributed by atoms with Crippen molar-refractivity contribution >= 4 is 23.1 Å². The Morgan fingerprint density at radius 3 is 3.00 bits per heavy atom. The number of hydrogen-bond donors (Lipinski definition) is 1. The molecule has 5 heteroatoms. The van der Waals surface area contributed by atoms with Crippen LogP contribution < -0.4 is 5.32 Å². The van der Waals surface area contributed by atoms with Gasteiger partial charge in [0, 0.05) is 23.7 Å². The molecule has 1 N–H and O–H groups in total. The molecule has 1 aromatic carbocycles. The van der Waals surface area contributed by atoms with E-state index in [-0.39, 0.29) is 0 Å². The first-order chi connectivity index (χ1) is 10.4. The highest BCUT2D eigenvalue weighted by atomic mass is 32.2. The lowest BCUT2D eigenvalue weighted by Crippen LogP contribution is -2.15. The fraction of sp³-hybridized carbons (Fsp3) is 0.250. The summed E-state index contributed by atoms with van der Waals surface area (Å²) < 4.78 is 2.06. The number of nitrogens with zero attached hydrogens (tertiary/aromatic N) is 3. The van der Waals surface area contributed by atoms with Crippen molar-refractivity contribution in [2.45, 2.75) is 23.2 Å². The molecule has 106 valence electrons. The molecule has 1 atom stereocenters. The molecule has 0 amide bonds. The molecule has 0 fully saturated rings. The number of thioether (sulfide) groups is 1. The number of rotatable bonds is 2. The number of hydrogen-bond acceptors (Lipinski definition) is 4. The third-order valence-electron chi connectivity index (χ3n) is 3.83. The van der Waals surface area contributed by atoms with Gasteiger partial charge in [0.15, 0.2) is 10.8 Å². The molecule has 0 saturated carbocycles. The van der Waals surface area contributed by atoms with Gasteiger partial charge in [0.1, 0.15) is 0 Å². The summed E-state index contributed by atoms with van der Waals surface area (Å²) in [6.45, 7) is 0.962. The largest absolute Gasteiger partial charge is 0.384 e. The van der Waals surface area contributed by atoms with Gasteiger partial charge >= 0.3 is 0 Å². The molecule has 1 unspecified atom stereocenters. The molecule has 0 aliphatic carbocycles. The van der Waals surface area contributed by atoms with Gasteiger partial charge in [-0.15, -0.1) is 10.2 Å². The van der Waals surface area contributed by atoms with Gasteiger partial charge in [-0.2, -0.15) is 0 Å². The number of nitrogens with one attached hydrogen (secondary N) is 1. The van der Waals surface area contributed by atoms with Crippen LogP contribution in [-0.4, -0.2) is 26.4 Å². The van der Waals surface area contributed by atoms with Gasteiger partial charge in [-0.05, 0) is 36.6 Å². The van der Waals surface area contributed by atoms with Crippen LogP contribution >= 0.6 is 11.8 Å². The summed E-state index contributed by atoms with van der Waals surface area (Å²) in [6, 6.07) is 14.6. The first kappa shape index (κ1) is 12.7. The van der Waals surface area contributed by atoms with E-state index in [9.17, 15) is 0 Å². The van der Waals surface area contributed by atoms with E-state index in [1.54, 1.807) is 0 Å². The predicted octanol–water partition coefficient (Wildman–Crippen LogP) is 3.25. The maximum absolute atomic E-state index is 4.32. The van der Waals surface area contributed by atoms with E-state index in [0.29, 0.717) is 5.25 Å². The lowest BCUT2D eigenvalue weighted by Gasteiger charge is -2.12. The smallest absolute Gasteiger partial charge is 0.195 e. The number of pyridine rings is 1. The van der Waals surface area contributed by atoms with Crippen molar-refractivity contribution in [3.8, 4) is 0 Å². The van der Waals surface area contributed by atoms with E-state index >= 15 is 0 Å². The van der Waals surface area contributed by atoms with Crippen LogP contribution in [0, 0.1) is 0 Å². The maximum Gasteiger partial charge on any atom is 0.195 e. The highest BCUT2D eigenvalue weighted by Crippen LogP contribution is 2.30. The Hall–Kier alpha value is -2.01. The number of aryl methyl sites for hydroxylation is 1. The van der Waals surface area contributed by atoms with E-state index in [4.69, 9.17) is 0 Å². The summed E-state index contributed by atoms with van der Waals surface area (Å²) in [5.41, 5.74) is 3.59. The van der Waals surface area contributed by atoms with Crippen LogP contribution in [0.5, 0.6) is 0 Å². The predicted molar refractivity (Wildman–Crippen MR) is 85.9 cm³/mol. The highest BCUT2D eigenvalue weighted by Gasteiger charge is 2.18. The van der Waals surface area contributed by atoms with E-state index in [2.05, 4.69) is 44.2 Å². The minimum Gasteiger partial charge on any atom is -0.384 e. The first-order valence-corrected chi connectivity index (χ1v) is 8.06. The van der Waals surface area contributed by atoms with Crippen molar-refractivity contribution in [1.82, 2.24) is 14.6 Å². The minimum absolute atomic E-state index is 0.505. The first-order valence-electron chi connectivity index (χ1n) is 7.18. The van der Waals surface area contributed by atoms with Crippen molar-refractivity contribution in [2.75, 3.05) is 11.9 Å². The van der Waals surface area contributed by atoms with Gasteiger partial charge in [-0.25, -0.2) is 0 Å². The van der Waals surface area contributed by atoms with Gasteiger partial charge in [-0.1, -0.05) is 36.0 Å². The maximum atomic E-state index is 4.32. The fourth-order valence-corrected chi connectivity index (χ4v) is 3.76. The lowest BCUT2D eigenvalue weighted by atomic mass is 10.1. The van der Waals surface area contributed by atoms with Crippen LogP contribution in [0.3, 0.4) is 0 Å². The Bertz CT molecular complexity index is 741. The second kappa shape index (κ2) is 5.41. The van der Waals surface area contributed by atoms with Crippen LogP contribution in [-0.2, 0) is 6.42 Å². The molecule has 0 bridgehead atoms. The minimum atomic E-state index is 0.505. The monoisotopic (exact) mass is 296 g/mol. The molecule has 1 aliphatic heterocycles. The average Bonchev–Trinajstić information content (AvgIpc) is 2.82.